The summed E-state index contributed by atoms with van der Waals surface area (Å²) < 4.78 is 44.6. The summed E-state index contributed by atoms with van der Waals surface area (Å²) in [7, 11) is 2.77. The van der Waals surface area contributed by atoms with Crippen LogP contribution < -0.4 is 0 Å². The lowest BCUT2D eigenvalue weighted by molar-refractivity contribution is -0.358. The predicted octanol–water partition coefficient (Wildman–Crippen LogP) is -1.30. The second-order valence-corrected chi connectivity index (χ2v) is 8.72. The van der Waals surface area contributed by atoms with Gasteiger partial charge in [-0.1, -0.05) is 24.3 Å². The Morgan fingerprint density at radius 3 is 1.35 bits per heavy atom. The van der Waals surface area contributed by atoms with Gasteiger partial charge in [-0.15, -0.1) is 0 Å². The summed E-state index contributed by atoms with van der Waals surface area (Å²) in [6.45, 7) is 0.308. The Kier molecular flexibility index (Phi) is 7.19. The van der Waals surface area contributed by atoms with Crippen molar-refractivity contribution in [2.45, 2.75) is 74.0 Å². The Hall–Kier alpha value is -1.26. The van der Waals surface area contributed by atoms with E-state index in [2.05, 4.69) is 0 Å². The van der Waals surface area contributed by atoms with E-state index < -0.39 is 74.0 Å². The largest absolute Gasteiger partial charge is 0.387 e. The Balaban J connectivity index is 1.23. The lowest BCUT2D eigenvalue weighted by Crippen LogP contribution is -2.62. The molecule has 2 unspecified atom stereocenters. The quantitative estimate of drug-likeness (QED) is 0.400. The fraction of sp³-hybridized carbons (Fsp3) is 0.727. The first-order valence-electron chi connectivity index (χ1n) is 11.1. The monoisotopic (exact) mass is 486 g/mol. The van der Waals surface area contributed by atoms with Crippen molar-refractivity contribution in [2.24, 2.45) is 0 Å². The average Bonchev–Trinajstić information content (AvgIpc) is 2.88. The van der Waals surface area contributed by atoms with Crippen LogP contribution in [0.4, 0.5) is 0 Å². The molecule has 4 fully saturated rings. The van der Waals surface area contributed by atoms with Gasteiger partial charge in [0.25, 0.3) is 0 Å². The van der Waals surface area contributed by atoms with E-state index in [4.69, 9.17) is 37.9 Å². The fourth-order valence-electron chi connectivity index (χ4n) is 4.69. The maximum Gasteiger partial charge on any atom is 0.186 e. The average molecular weight is 486 g/mol. The van der Waals surface area contributed by atoms with Gasteiger partial charge in [0.1, 0.15) is 48.8 Å². The number of fused-ring (bicyclic) bond motifs is 2. The molecule has 1 aromatic rings. The van der Waals surface area contributed by atoms with Crippen LogP contribution in [0.3, 0.4) is 0 Å². The summed E-state index contributed by atoms with van der Waals surface area (Å²) in [5.41, 5.74) is 1.37. The highest BCUT2D eigenvalue weighted by atomic mass is 16.8. The minimum Gasteiger partial charge on any atom is -0.387 e. The summed E-state index contributed by atoms with van der Waals surface area (Å²) in [6.07, 6.45) is -11.0. The standard InChI is InChI=1S/C22H30O12/c1-27-21-15(25)13(23)17-11(31-21)7-29-19(33-17)9-3-5-10(6-4-9)20-30-8-12-18(34-20)14(24)16(26)22(28-2)32-12/h3-6,11-26H,7-8H2,1-2H3/t11-,12-,13-,14-,15-,16-,17-,18-,19?,20?,21+,22+/m1/s1. The SMILES string of the molecule is CO[C@H]1O[C@@H]2COC(c3ccc(C4OC[C@H]5O[C@H](OC)[C@H](O)[C@@H](O)[C@@H]5O4)cc3)O[C@H]2[C@H](O)[C@H]1O. The van der Waals surface area contributed by atoms with Crippen molar-refractivity contribution >= 4 is 0 Å². The molecule has 1 aromatic carbocycles. The normalized spacial score (nSPS) is 47.0. The molecule has 0 amide bonds. The molecule has 12 atom stereocenters. The molecule has 0 bridgehead atoms. The smallest absolute Gasteiger partial charge is 0.186 e. The van der Waals surface area contributed by atoms with E-state index in [1.54, 1.807) is 24.3 Å². The highest BCUT2D eigenvalue weighted by Crippen LogP contribution is 2.37. The van der Waals surface area contributed by atoms with Gasteiger partial charge in [0.15, 0.2) is 25.2 Å². The third kappa shape index (κ3) is 4.39. The number of hydrogen-bond donors (Lipinski definition) is 4. The van der Waals surface area contributed by atoms with Crippen LogP contribution in [0.25, 0.3) is 0 Å². The van der Waals surface area contributed by atoms with Crippen LogP contribution in [0, 0.1) is 0 Å². The molecule has 34 heavy (non-hydrogen) atoms. The second kappa shape index (κ2) is 10.0. The molecule has 0 aromatic heterocycles. The van der Waals surface area contributed by atoms with Gasteiger partial charge in [0.2, 0.25) is 0 Å². The lowest BCUT2D eigenvalue weighted by Gasteiger charge is -2.46. The minimum absolute atomic E-state index is 0.154. The number of ether oxygens (including phenoxy) is 8. The topological polar surface area (TPSA) is 155 Å². The molecular weight excluding hydrogens is 456 g/mol. The first-order chi connectivity index (χ1) is 16.4. The van der Waals surface area contributed by atoms with Crippen molar-refractivity contribution in [3.05, 3.63) is 35.4 Å². The molecule has 12 nitrogen and oxygen atoms in total. The van der Waals surface area contributed by atoms with Gasteiger partial charge in [-0.3, -0.25) is 0 Å². The summed E-state index contributed by atoms with van der Waals surface area (Å²) in [4.78, 5) is 0. The molecule has 0 spiro atoms. The van der Waals surface area contributed by atoms with Crippen molar-refractivity contribution in [3.63, 3.8) is 0 Å². The lowest BCUT2D eigenvalue weighted by atomic mass is 9.97. The molecule has 5 rings (SSSR count). The van der Waals surface area contributed by atoms with Crippen LogP contribution in [-0.4, -0.2) is 109 Å². The summed E-state index contributed by atoms with van der Waals surface area (Å²) in [6, 6.07) is 7.08. The van der Waals surface area contributed by atoms with Crippen LogP contribution in [0.2, 0.25) is 0 Å². The predicted molar refractivity (Wildman–Crippen MR) is 109 cm³/mol. The van der Waals surface area contributed by atoms with Gasteiger partial charge < -0.3 is 58.3 Å². The van der Waals surface area contributed by atoms with E-state index in [-0.39, 0.29) is 13.2 Å². The minimum atomic E-state index is -1.24. The van der Waals surface area contributed by atoms with E-state index in [9.17, 15) is 20.4 Å². The molecule has 4 heterocycles. The Morgan fingerprint density at radius 2 is 1.00 bits per heavy atom. The Labute approximate surface area is 195 Å². The molecule has 12 heteroatoms. The van der Waals surface area contributed by atoms with Crippen molar-refractivity contribution in [2.75, 3.05) is 27.4 Å². The molecule has 0 aliphatic carbocycles. The van der Waals surface area contributed by atoms with Crippen LogP contribution in [-0.2, 0) is 37.9 Å². The maximum atomic E-state index is 10.4. The van der Waals surface area contributed by atoms with Gasteiger partial charge >= 0.3 is 0 Å². The molecule has 0 saturated carbocycles. The Bertz CT molecular complexity index is 752. The number of benzene rings is 1. The highest BCUT2D eigenvalue weighted by molar-refractivity contribution is 5.25. The summed E-state index contributed by atoms with van der Waals surface area (Å²) in [5.74, 6) is 0. The molecule has 0 radical (unpaired) electrons. The third-order valence-corrected chi connectivity index (χ3v) is 6.61. The van der Waals surface area contributed by atoms with Crippen LogP contribution in [0.15, 0.2) is 24.3 Å². The van der Waals surface area contributed by atoms with Gasteiger partial charge in [-0.05, 0) is 0 Å². The van der Waals surface area contributed by atoms with E-state index in [1.807, 2.05) is 0 Å². The van der Waals surface area contributed by atoms with Crippen LogP contribution in [0.5, 0.6) is 0 Å². The molecule has 190 valence electrons. The van der Waals surface area contributed by atoms with Gasteiger partial charge in [0.05, 0.1) is 13.2 Å². The second-order valence-electron chi connectivity index (χ2n) is 8.72. The van der Waals surface area contributed by atoms with Crippen molar-refractivity contribution in [1.29, 1.82) is 0 Å². The van der Waals surface area contributed by atoms with Gasteiger partial charge in [-0.2, -0.15) is 0 Å². The zero-order valence-corrected chi connectivity index (χ0v) is 18.7. The molecule has 4 saturated heterocycles. The van der Waals surface area contributed by atoms with Gasteiger partial charge in [-0.25, -0.2) is 0 Å². The first kappa shape index (κ1) is 24.4. The third-order valence-electron chi connectivity index (χ3n) is 6.61. The summed E-state index contributed by atoms with van der Waals surface area (Å²) >= 11 is 0. The van der Waals surface area contributed by atoms with E-state index >= 15 is 0 Å². The van der Waals surface area contributed by atoms with E-state index in [1.165, 1.54) is 14.2 Å². The number of aliphatic hydroxyl groups is 4. The number of rotatable bonds is 4. The van der Waals surface area contributed by atoms with Crippen LogP contribution in [0.1, 0.15) is 23.7 Å². The fourth-order valence-corrected chi connectivity index (χ4v) is 4.69. The molecule has 4 aliphatic heterocycles. The Morgan fingerprint density at radius 1 is 0.618 bits per heavy atom. The maximum absolute atomic E-state index is 10.4. The summed E-state index contributed by atoms with van der Waals surface area (Å²) in [5, 5.41) is 41.2. The van der Waals surface area contributed by atoms with Crippen molar-refractivity contribution in [1.82, 2.24) is 0 Å². The van der Waals surface area contributed by atoms with Crippen molar-refractivity contribution < 1.29 is 58.3 Å². The number of aliphatic hydroxyl groups excluding tert-OH is 4. The molecule has 4 aliphatic rings. The van der Waals surface area contributed by atoms with Gasteiger partial charge in [0, 0.05) is 25.3 Å². The number of methoxy groups -OCH3 is 2. The highest BCUT2D eigenvalue weighted by Gasteiger charge is 2.50. The van der Waals surface area contributed by atoms with E-state index in [0.29, 0.717) is 11.1 Å². The first-order valence-corrected chi connectivity index (χ1v) is 11.1. The molecule has 4 N–H and O–H groups in total. The van der Waals surface area contributed by atoms with Crippen LogP contribution >= 0.6 is 0 Å². The zero-order chi connectivity index (χ0) is 24.0. The van der Waals surface area contributed by atoms with Crippen molar-refractivity contribution in [3.8, 4) is 0 Å². The molecular formula is C22H30O12. The number of hydrogen-bond acceptors (Lipinski definition) is 12. The van der Waals surface area contributed by atoms with E-state index in [0.717, 1.165) is 0 Å². The zero-order valence-electron chi connectivity index (χ0n) is 18.7.